The van der Waals surface area contributed by atoms with Gasteiger partial charge in [-0.3, -0.25) is 0 Å². The Morgan fingerprint density at radius 1 is 0.741 bits per heavy atom. The average Bonchev–Trinajstić information content (AvgIpc) is 2.65. The van der Waals surface area contributed by atoms with Crippen molar-refractivity contribution < 1.29 is 4.74 Å². The fourth-order valence-electron chi connectivity index (χ4n) is 5.23. The minimum atomic E-state index is -2.46. The molecule has 2 fully saturated rings. The minimum absolute atomic E-state index is 0.456. The van der Waals surface area contributed by atoms with Crippen molar-refractivity contribution in [1.82, 2.24) is 0 Å². The number of hydrogen-bond acceptors (Lipinski definition) is 1. The van der Waals surface area contributed by atoms with Gasteiger partial charge in [-0.2, -0.15) is 0 Å². The molecule has 0 radical (unpaired) electrons. The lowest BCUT2D eigenvalue weighted by Gasteiger charge is -2.38. The number of unbranched alkanes of at least 4 members (excludes halogenated alkanes) is 4. The van der Waals surface area contributed by atoms with Gasteiger partial charge in [0.05, 0.1) is 6.10 Å². The largest absolute Gasteiger partial charge is 0.378 e. The second-order valence-electron chi connectivity index (χ2n) is 9.11. The van der Waals surface area contributed by atoms with E-state index in [0.717, 1.165) is 36.8 Å². The minimum Gasteiger partial charge on any atom is -0.378 e. The van der Waals surface area contributed by atoms with Crippen molar-refractivity contribution in [1.29, 1.82) is 0 Å². The molecule has 0 bridgehead atoms. The van der Waals surface area contributed by atoms with Crippen LogP contribution in [0.25, 0.3) is 0 Å². The van der Waals surface area contributed by atoms with Crippen LogP contribution in [-0.4, -0.2) is 18.7 Å². The molecule has 1 nitrogen and oxygen atoms in total. The molecule has 2 aliphatic carbocycles. The summed E-state index contributed by atoms with van der Waals surface area (Å²) in [5.74, 6) is 2.99. The van der Waals surface area contributed by atoms with Crippen molar-refractivity contribution in [2.24, 2.45) is 17.8 Å². The Morgan fingerprint density at radius 2 is 1.33 bits per heavy atom. The Kier molecular flexibility index (Phi) is 12.0. The summed E-state index contributed by atoms with van der Waals surface area (Å²) in [5.41, 5.74) is 0. The van der Waals surface area contributed by atoms with Crippen LogP contribution in [0.2, 0.25) is 6.04 Å². The average molecular weight is 456 g/mol. The Morgan fingerprint density at radius 3 is 1.93 bits per heavy atom. The van der Waals surface area contributed by atoms with Gasteiger partial charge in [0.1, 0.15) is 0 Å². The molecule has 0 saturated heterocycles. The second-order valence-corrected chi connectivity index (χ2v) is 18.4. The van der Waals surface area contributed by atoms with E-state index in [1.165, 1.54) is 89.9 Å². The highest BCUT2D eigenvalue weighted by Crippen LogP contribution is 2.41. The molecule has 27 heavy (non-hydrogen) atoms. The molecule has 0 aromatic rings. The van der Waals surface area contributed by atoms with E-state index in [1.807, 2.05) is 0 Å². The molecule has 0 amide bonds. The SMILES string of the molecule is CCCCCCCC1CCC(C2CCC(OCCC[Si](Cl)(Cl)Cl)CC2)CC1. The summed E-state index contributed by atoms with van der Waals surface area (Å²) in [7, 11) is 0. The lowest BCUT2D eigenvalue weighted by atomic mass is 9.70. The molecule has 5 heteroatoms. The molecule has 0 unspecified atom stereocenters. The van der Waals surface area contributed by atoms with Gasteiger partial charge in [-0.15, -0.1) is 33.2 Å². The molecule has 0 heterocycles. The van der Waals surface area contributed by atoms with Crippen molar-refractivity contribution in [3.63, 3.8) is 0 Å². The van der Waals surface area contributed by atoms with Crippen molar-refractivity contribution in [2.45, 2.75) is 115 Å². The third-order valence-electron chi connectivity index (χ3n) is 6.95. The van der Waals surface area contributed by atoms with E-state index >= 15 is 0 Å². The van der Waals surface area contributed by atoms with Crippen molar-refractivity contribution in [3.05, 3.63) is 0 Å². The zero-order valence-electron chi connectivity index (χ0n) is 17.4. The summed E-state index contributed by atoms with van der Waals surface area (Å²) in [5, 5.41) is 0. The number of rotatable bonds is 12. The van der Waals surface area contributed by atoms with Gasteiger partial charge in [-0.25, -0.2) is 0 Å². The lowest BCUT2D eigenvalue weighted by Crippen LogP contribution is -2.29. The summed E-state index contributed by atoms with van der Waals surface area (Å²) in [6, 6.07) is -1.74. The van der Waals surface area contributed by atoms with E-state index in [0.29, 0.717) is 6.10 Å². The van der Waals surface area contributed by atoms with Crippen LogP contribution in [0, 0.1) is 17.8 Å². The normalized spacial score (nSPS) is 29.8. The van der Waals surface area contributed by atoms with E-state index < -0.39 is 6.00 Å². The number of ether oxygens (including phenoxy) is 1. The maximum atomic E-state index is 6.05. The summed E-state index contributed by atoms with van der Waals surface area (Å²) in [4.78, 5) is 0. The summed E-state index contributed by atoms with van der Waals surface area (Å²) >= 11 is 17.8. The van der Waals surface area contributed by atoms with E-state index in [2.05, 4.69) is 6.92 Å². The first kappa shape index (κ1) is 24.3. The highest BCUT2D eigenvalue weighted by Gasteiger charge is 2.31. The Balaban J connectivity index is 1.52. The lowest BCUT2D eigenvalue weighted by molar-refractivity contribution is 0.00726. The van der Waals surface area contributed by atoms with Crippen LogP contribution in [0.5, 0.6) is 0 Å². The molecular weight excluding hydrogens is 415 g/mol. The molecule has 2 rings (SSSR count). The second kappa shape index (κ2) is 13.4. The maximum absolute atomic E-state index is 6.05. The van der Waals surface area contributed by atoms with Crippen LogP contribution < -0.4 is 0 Å². The molecule has 2 aliphatic rings. The van der Waals surface area contributed by atoms with Crippen LogP contribution in [0.3, 0.4) is 0 Å². The molecule has 160 valence electrons. The number of hydrogen-bond donors (Lipinski definition) is 0. The predicted octanol–water partition coefficient (Wildman–Crippen LogP) is 8.77. The molecule has 0 aromatic carbocycles. The third kappa shape index (κ3) is 10.6. The maximum Gasteiger partial charge on any atom is 0.341 e. The van der Waals surface area contributed by atoms with E-state index in [4.69, 9.17) is 38.0 Å². The first-order chi connectivity index (χ1) is 13.0. The Hall–Kier alpha value is 1.05. The Labute approximate surface area is 183 Å². The van der Waals surface area contributed by atoms with E-state index in [1.54, 1.807) is 0 Å². The van der Waals surface area contributed by atoms with E-state index in [-0.39, 0.29) is 0 Å². The molecule has 2 saturated carbocycles. The molecule has 0 aromatic heterocycles. The standard InChI is InChI=1S/C22H41Cl3OSi/c1-2-3-4-5-6-8-19-9-11-20(12-10-19)21-13-15-22(16-14-21)26-17-7-18-27(23,24)25/h19-22H,2-18H2,1H3. The first-order valence-electron chi connectivity index (χ1n) is 11.7. The molecule has 0 spiro atoms. The van der Waals surface area contributed by atoms with Gasteiger partial charge in [-0.05, 0) is 68.7 Å². The third-order valence-corrected chi connectivity index (χ3v) is 9.57. The van der Waals surface area contributed by atoms with Crippen LogP contribution in [0.15, 0.2) is 0 Å². The van der Waals surface area contributed by atoms with Crippen LogP contribution >= 0.6 is 33.2 Å². The van der Waals surface area contributed by atoms with Crippen molar-refractivity contribution in [2.75, 3.05) is 6.61 Å². The topological polar surface area (TPSA) is 9.23 Å². The molecule has 0 aliphatic heterocycles. The molecule has 0 atom stereocenters. The number of halogens is 3. The van der Waals surface area contributed by atoms with Crippen molar-refractivity contribution >= 4 is 39.2 Å². The quantitative estimate of drug-likeness (QED) is 0.162. The van der Waals surface area contributed by atoms with Crippen molar-refractivity contribution in [3.8, 4) is 0 Å². The van der Waals surface area contributed by atoms with Gasteiger partial charge < -0.3 is 4.74 Å². The van der Waals surface area contributed by atoms with E-state index in [9.17, 15) is 0 Å². The monoisotopic (exact) mass is 454 g/mol. The fourth-order valence-corrected chi connectivity index (χ4v) is 6.98. The van der Waals surface area contributed by atoms with Gasteiger partial charge >= 0.3 is 6.00 Å². The van der Waals surface area contributed by atoms with Crippen LogP contribution in [0.1, 0.15) is 103 Å². The highest BCUT2D eigenvalue weighted by molar-refractivity contribution is 7.64. The summed E-state index contributed by atoms with van der Waals surface area (Å²) in [6.45, 7) is 3.06. The Bertz CT molecular complexity index is 372. The van der Waals surface area contributed by atoms with Gasteiger partial charge in [0.2, 0.25) is 0 Å². The fraction of sp³-hybridized carbons (Fsp3) is 1.00. The van der Waals surface area contributed by atoms with Gasteiger partial charge in [0, 0.05) is 6.61 Å². The highest BCUT2D eigenvalue weighted by atomic mass is 35.8. The van der Waals surface area contributed by atoms with Crippen LogP contribution in [-0.2, 0) is 4.74 Å². The molecular formula is C22H41Cl3OSi. The zero-order chi connectivity index (χ0) is 19.5. The summed E-state index contributed by atoms with van der Waals surface area (Å²) in [6.07, 6.45) is 21.2. The first-order valence-corrected chi connectivity index (χ1v) is 16.9. The molecule has 0 N–H and O–H groups in total. The smallest absolute Gasteiger partial charge is 0.341 e. The zero-order valence-corrected chi connectivity index (χ0v) is 20.6. The predicted molar refractivity (Wildman–Crippen MR) is 123 cm³/mol. The van der Waals surface area contributed by atoms with Gasteiger partial charge in [-0.1, -0.05) is 58.3 Å². The summed E-state index contributed by atoms with van der Waals surface area (Å²) < 4.78 is 6.05. The van der Waals surface area contributed by atoms with Gasteiger partial charge in [0.15, 0.2) is 0 Å². The van der Waals surface area contributed by atoms with Crippen LogP contribution in [0.4, 0.5) is 0 Å². The van der Waals surface area contributed by atoms with Gasteiger partial charge in [0.25, 0.3) is 0 Å².